The van der Waals surface area contributed by atoms with Crippen molar-refractivity contribution in [3.63, 3.8) is 0 Å². The molecule has 12 heavy (non-hydrogen) atoms. The van der Waals surface area contributed by atoms with Gasteiger partial charge in [0.1, 0.15) is 5.70 Å². The number of amides is 1. The lowest BCUT2D eigenvalue weighted by molar-refractivity contribution is -0.153. The third kappa shape index (κ3) is 0.668. The number of β-lactam (4-membered cyclic amide) rings is 1. The van der Waals surface area contributed by atoms with Gasteiger partial charge in [0.05, 0.1) is 12.0 Å². The normalized spacial score (nSPS) is 32.6. The summed E-state index contributed by atoms with van der Waals surface area (Å²) in [6.45, 7) is 1.84. The van der Waals surface area contributed by atoms with E-state index < -0.39 is 5.97 Å². The first-order chi connectivity index (χ1) is 5.63. The van der Waals surface area contributed by atoms with Gasteiger partial charge in [-0.05, 0) is 6.42 Å². The number of carboxylic acid groups (broad SMARTS) is 1. The molecule has 1 N–H and O–H groups in total. The predicted molar refractivity (Wildman–Crippen MR) is 40.1 cm³/mol. The highest BCUT2D eigenvalue weighted by Crippen LogP contribution is 2.37. The fourth-order valence-electron chi connectivity index (χ4n) is 1.82. The Hall–Kier alpha value is -1.32. The van der Waals surface area contributed by atoms with Crippen LogP contribution in [-0.4, -0.2) is 27.9 Å². The van der Waals surface area contributed by atoms with Crippen LogP contribution in [-0.2, 0) is 9.59 Å². The van der Waals surface area contributed by atoms with Gasteiger partial charge in [-0.2, -0.15) is 0 Å². The second kappa shape index (κ2) is 2.09. The van der Waals surface area contributed by atoms with Gasteiger partial charge >= 0.3 is 5.97 Å². The molecule has 0 radical (unpaired) electrons. The summed E-state index contributed by atoms with van der Waals surface area (Å²) in [6.07, 6.45) is 2.31. The minimum atomic E-state index is -1.00. The molecule has 2 unspecified atom stereocenters. The molecule has 4 nitrogen and oxygen atoms in total. The Kier molecular flexibility index (Phi) is 1.28. The molecule has 2 aliphatic rings. The zero-order chi connectivity index (χ0) is 8.88. The number of hydrogen-bond acceptors (Lipinski definition) is 2. The van der Waals surface area contributed by atoms with Gasteiger partial charge in [-0.3, -0.25) is 4.79 Å². The average Bonchev–Trinajstić information content (AvgIpc) is 2.43. The zero-order valence-electron chi connectivity index (χ0n) is 6.65. The number of aliphatic carboxylic acids is 1. The summed E-state index contributed by atoms with van der Waals surface area (Å²) in [5, 5.41) is 8.68. The molecule has 0 aromatic heterocycles. The molecule has 0 bridgehead atoms. The van der Waals surface area contributed by atoms with Crippen LogP contribution in [0.5, 0.6) is 0 Å². The molecule has 4 heteroatoms. The maximum atomic E-state index is 11.2. The number of rotatable bonds is 1. The molecule has 0 aromatic rings. The van der Waals surface area contributed by atoms with E-state index in [0.29, 0.717) is 6.42 Å². The first kappa shape index (κ1) is 7.34. The van der Waals surface area contributed by atoms with E-state index in [0.717, 1.165) is 0 Å². The van der Waals surface area contributed by atoms with E-state index in [4.69, 9.17) is 5.11 Å². The third-order valence-corrected chi connectivity index (χ3v) is 2.57. The first-order valence-electron chi connectivity index (χ1n) is 3.89. The fourth-order valence-corrected chi connectivity index (χ4v) is 1.82. The van der Waals surface area contributed by atoms with Crippen LogP contribution >= 0.6 is 0 Å². The van der Waals surface area contributed by atoms with Crippen molar-refractivity contribution in [3.05, 3.63) is 11.8 Å². The van der Waals surface area contributed by atoms with Crippen LogP contribution in [0.4, 0.5) is 0 Å². The summed E-state index contributed by atoms with van der Waals surface area (Å²) in [5.74, 6) is -1.07. The van der Waals surface area contributed by atoms with E-state index in [1.165, 1.54) is 4.90 Å². The second-order valence-corrected chi connectivity index (χ2v) is 3.19. The lowest BCUT2D eigenvalue weighted by atomic mass is 9.90. The molecule has 1 fully saturated rings. The zero-order valence-corrected chi connectivity index (χ0v) is 6.65. The van der Waals surface area contributed by atoms with E-state index >= 15 is 0 Å². The van der Waals surface area contributed by atoms with Gasteiger partial charge in [-0.15, -0.1) is 0 Å². The molecule has 2 rings (SSSR count). The summed E-state index contributed by atoms with van der Waals surface area (Å²) < 4.78 is 0. The largest absolute Gasteiger partial charge is 0.477 e. The Labute approximate surface area is 69.5 Å². The lowest BCUT2D eigenvalue weighted by Gasteiger charge is -2.41. The number of carbonyl (C=O) groups is 2. The van der Waals surface area contributed by atoms with Crippen LogP contribution in [0.15, 0.2) is 11.8 Å². The van der Waals surface area contributed by atoms with Crippen molar-refractivity contribution in [3.8, 4) is 0 Å². The highest BCUT2D eigenvalue weighted by molar-refractivity contribution is 5.98. The van der Waals surface area contributed by atoms with E-state index in [1.807, 2.05) is 6.92 Å². The van der Waals surface area contributed by atoms with Crippen molar-refractivity contribution >= 4 is 11.9 Å². The molecule has 64 valence electrons. The Bertz CT molecular complexity index is 295. The summed E-state index contributed by atoms with van der Waals surface area (Å²) in [6, 6.07) is 0.114. The van der Waals surface area contributed by atoms with Crippen LogP contribution in [0.1, 0.15) is 13.3 Å². The number of fused-ring (bicyclic) bond motifs is 1. The van der Waals surface area contributed by atoms with Crippen LogP contribution < -0.4 is 0 Å². The second-order valence-electron chi connectivity index (χ2n) is 3.19. The third-order valence-electron chi connectivity index (χ3n) is 2.57. The summed E-state index contributed by atoms with van der Waals surface area (Å²) >= 11 is 0. The van der Waals surface area contributed by atoms with E-state index in [9.17, 15) is 9.59 Å². The van der Waals surface area contributed by atoms with Gasteiger partial charge in [0.2, 0.25) is 5.91 Å². The van der Waals surface area contributed by atoms with Gasteiger partial charge < -0.3 is 10.0 Å². The number of nitrogens with zero attached hydrogens (tertiary/aromatic N) is 1. The van der Waals surface area contributed by atoms with Crippen molar-refractivity contribution in [1.29, 1.82) is 0 Å². The van der Waals surface area contributed by atoms with E-state index in [2.05, 4.69) is 0 Å². The van der Waals surface area contributed by atoms with Crippen LogP contribution in [0.25, 0.3) is 0 Å². The predicted octanol–water partition coefficient (Wildman–Crippen LogP) is 0.206. The Balaban J connectivity index is 2.23. The summed E-state index contributed by atoms with van der Waals surface area (Å²) in [4.78, 5) is 23.1. The van der Waals surface area contributed by atoms with Gasteiger partial charge in [0.15, 0.2) is 0 Å². The molecule has 0 aromatic carbocycles. The molecule has 2 heterocycles. The van der Waals surface area contributed by atoms with Gasteiger partial charge in [0.25, 0.3) is 0 Å². The lowest BCUT2D eigenvalue weighted by Crippen LogP contribution is -2.57. The maximum Gasteiger partial charge on any atom is 0.352 e. The Morgan fingerprint density at radius 3 is 3.00 bits per heavy atom. The minimum absolute atomic E-state index is 0.00176. The first-order valence-corrected chi connectivity index (χ1v) is 3.89. The highest BCUT2D eigenvalue weighted by Gasteiger charge is 2.49. The quantitative estimate of drug-likeness (QED) is 0.568. The molecule has 0 saturated carbocycles. The number of hydrogen-bond donors (Lipinski definition) is 1. The molecule has 0 aliphatic carbocycles. The van der Waals surface area contributed by atoms with Gasteiger partial charge in [-0.25, -0.2) is 4.79 Å². The monoisotopic (exact) mass is 167 g/mol. The smallest absolute Gasteiger partial charge is 0.352 e. The van der Waals surface area contributed by atoms with Crippen molar-refractivity contribution < 1.29 is 14.7 Å². The molecule has 1 saturated heterocycles. The number of carbonyl (C=O) groups excluding carboxylic acids is 1. The van der Waals surface area contributed by atoms with Crippen molar-refractivity contribution in [2.75, 3.05) is 0 Å². The standard InChI is InChI=1S/C8H9NO3/c1-4-5-2-3-6(8(11)12)9(5)7(4)10/h3-5H,2H2,1H3,(H,11,12). The average molecular weight is 167 g/mol. The fraction of sp³-hybridized carbons (Fsp3) is 0.500. The van der Waals surface area contributed by atoms with Crippen molar-refractivity contribution in [2.45, 2.75) is 19.4 Å². The van der Waals surface area contributed by atoms with Crippen LogP contribution in [0.2, 0.25) is 0 Å². The Morgan fingerprint density at radius 2 is 2.42 bits per heavy atom. The molecule has 1 amide bonds. The molecule has 2 atom stereocenters. The van der Waals surface area contributed by atoms with Gasteiger partial charge in [-0.1, -0.05) is 13.0 Å². The maximum absolute atomic E-state index is 11.2. The topological polar surface area (TPSA) is 57.6 Å². The van der Waals surface area contributed by atoms with Crippen LogP contribution in [0, 0.1) is 5.92 Å². The highest BCUT2D eigenvalue weighted by atomic mass is 16.4. The molecule has 0 spiro atoms. The Morgan fingerprint density at radius 1 is 1.75 bits per heavy atom. The summed E-state index contributed by atoms with van der Waals surface area (Å²) in [7, 11) is 0. The molecular formula is C8H9NO3. The van der Waals surface area contributed by atoms with E-state index in [-0.39, 0.29) is 23.6 Å². The molecule has 2 aliphatic heterocycles. The minimum Gasteiger partial charge on any atom is -0.477 e. The van der Waals surface area contributed by atoms with Crippen molar-refractivity contribution in [2.24, 2.45) is 5.92 Å². The SMILES string of the molecule is CC1C(=O)N2C(C(=O)O)=CCC12. The van der Waals surface area contributed by atoms with Crippen molar-refractivity contribution in [1.82, 2.24) is 4.90 Å². The van der Waals surface area contributed by atoms with E-state index in [1.54, 1.807) is 6.08 Å². The van der Waals surface area contributed by atoms with Crippen LogP contribution in [0.3, 0.4) is 0 Å². The molecular weight excluding hydrogens is 158 g/mol. The van der Waals surface area contributed by atoms with Gasteiger partial charge in [0, 0.05) is 0 Å². The summed E-state index contributed by atoms with van der Waals surface area (Å²) in [5.41, 5.74) is 0.156. The number of carboxylic acids is 1.